The number of thiazole rings is 1. The van der Waals surface area contributed by atoms with Crippen LogP contribution in [0.5, 0.6) is 11.5 Å². The van der Waals surface area contributed by atoms with Crippen molar-refractivity contribution in [3.05, 3.63) is 74.8 Å². The van der Waals surface area contributed by atoms with E-state index in [9.17, 15) is 10.1 Å². The van der Waals surface area contributed by atoms with Gasteiger partial charge in [-0.1, -0.05) is 56.0 Å². The van der Waals surface area contributed by atoms with Crippen molar-refractivity contribution in [1.29, 1.82) is 5.26 Å². The summed E-state index contributed by atoms with van der Waals surface area (Å²) in [5.41, 5.74) is 2.71. The fraction of sp³-hybridized carbons (Fsp3) is 0.321. The van der Waals surface area contributed by atoms with Gasteiger partial charge in [-0.3, -0.25) is 10.1 Å². The molecule has 0 aliphatic heterocycles. The molecule has 188 valence electrons. The third-order valence-corrected chi connectivity index (χ3v) is 6.83. The number of hydrogen-bond donors (Lipinski definition) is 1. The van der Waals surface area contributed by atoms with Gasteiger partial charge in [0.05, 0.1) is 13.7 Å². The molecular weight excluding hydrogens is 494 g/mol. The molecule has 0 aliphatic rings. The topological polar surface area (TPSA) is 84.2 Å². The maximum atomic E-state index is 12.7. The molecular formula is C28H30ClN3O3S. The van der Waals surface area contributed by atoms with Crippen LogP contribution in [-0.4, -0.2) is 24.6 Å². The van der Waals surface area contributed by atoms with Crippen LogP contribution in [0.2, 0.25) is 5.02 Å². The average molecular weight is 524 g/mol. The minimum absolute atomic E-state index is 0.0349. The Balaban J connectivity index is 1.64. The smallest absolute Gasteiger partial charge is 0.268 e. The summed E-state index contributed by atoms with van der Waals surface area (Å²) in [4.78, 5) is 18.0. The molecule has 0 unspecified atom stereocenters. The number of amides is 1. The second-order valence-corrected chi connectivity index (χ2v) is 9.86. The van der Waals surface area contributed by atoms with E-state index in [-0.39, 0.29) is 5.57 Å². The number of aryl methyl sites for hydroxylation is 1. The first-order valence-electron chi connectivity index (χ1n) is 11.9. The van der Waals surface area contributed by atoms with Crippen LogP contribution in [0.3, 0.4) is 0 Å². The first-order chi connectivity index (χ1) is 17.4. The second-order valence-electron chi connectivity index (χ2n) is 8.34. The van der Waals surface area contributed by atoms with E-state index in [2.05, 4.69) is 17.2 Å². The van der Waals surface area contributed by atoms with Crippen molar-refractivity contribution in [3.63, 3.8) is 0 Å². The van der Waals surface area contributed by atoms with Gasteiger partial charge in [-0.2, -0.15) is 5.26 Å². The molecule has 0 spiro atoms. The predicted molar refractivity (Wildman–Crippen MR) is 146 cm³/mol. The van der Waals surface area contributed by atoms with Gasteiger partial charge in [0.25, 0.3) is 5.91 Å². The van der Waals surface area contributed by atoms with Gasteiger partial charge < -0.3 is 9.47 Å². The molecule has 1 heterocycles. The molecule has 1 amide bonds. The summed E-state index contributed by atoms with van der Waals surface area (Å²) in [6.45, 7) is 4.74. The lowest BCUT2D eigenvalue weighted by Crippen LogP contribution is -2.13. The molecule has 0 atom stereocenters. The zero-order valence-corrected chi connectivity index (χ0v) is 22.3. The largest absolute Gasteiger partial charge is 0.493 e. The Morgan fingerprint density at radius 2 is 2.03 bits per heavy atom. The van der Waals surface area contributed by atoms with Crippen LogP contribution in [0, 0.1) is 18.3 Å². The van der Waals surface area contributed by atoms with Gasteiger partial charge in [0.15, 0.2) is 16.6 Å². The number of carbonyl (C=O) groups excluding carboxylic acids is 1. The van der Waals surface area contributed by atoms with E-state index in [1.807, 2.05) is 31.2 Å². The molecule has 0 fully saturated rings. The number of benzene rings is 2. The molecule has 8 heteroatoms. The van der Waals surface area contributed by atoms with Gasteiger partial charge >= 0.3 is 0 Å². The van der Waals surface area contributed by atoms with Crippen molar-refractivity contribution >= 4 is 40.1 Å². The molecule has 0 saturated carbocycles. The molecule has 3 aromatic rings. The maximum absolute atomic E-state index is 12.7. The van der Waals surface area contributed by atoms with Crippen LogP contribution >= 0.6 is 22.9 Å². The summed E-state index contributed by atoms with van der Waals surface area (Å²) < 4.78 is 11.3. The quantitative estimate of drug-likeness (QED) is 0.154. The molecule has 1 aromatic heterocycles. The number of ether oxygens (including phenoxy) is 2. The first-order valence-corrected chi connectivity index (χ1v) is 13.1. The molecule has 36 heavy (non-hydrogen) atoms. The molecule has 0 bridgehead atoms. The van der Waals surface area contributed by atoms with Crippen molar-refractivity contribution in [2.24, 2.45) is 0 Å². The van der Waals surface area contributed by atoms with Crippen LogP contribution in [0.4, 0.5) is 5.13 Å². The summed E-state index contributed by atoms with van der Waals surface area (Å²) in [6.07, 6.45) is 8.36. The van der Waals surface area contributed by atoms with E-state index in [1.54, 1.807) is 31.5 Å². The number of aromatic nitrogens is 1. The highest BCUT2D eigenvalue weighted by Gasteiger charge is 2.14. The third-order valence-electron chi connectivity index (χ3n) is 5.51. The van der Waals surface area contributed by atoms with Crippen molar-refractivity contribution in [2.45, 2.75) is 46.0 Å². The standard InChI is InChI=1S/C28H30ClN3O3S/c1-4-5-6-7-12-35-25-11-10-20(16-26(25)34-3)13-22(17-30)27(33)32-28-31-18-23(36-28)14-21-9-8-19(2)24(29)15-21/h8-11,13,15-16,18H,4-7,12,14H2,1-3H3,(H,31,32,33). The summed E-state index contributed by atoms with van der Waals surface area (Å²) in [7, 11) is 1.56. The Hall–Kier alpha value is -3.34. The van der Waals surface area contributed by atoms with E-state index in [4.69, 9.17) is 21.1 Å². The van der Waals surface area contributed by atoms with Gasteiger partial charge in [0, 0.05) is 22.5 Å². The summed E-state index contributed by atoms with van der Waals surface area (Å²) >= 11 is 7.58. The summed E-state index contributed by atoms with van der Waals surface area (Å²) in [5, 5.41) is 13.5. The highest BCUT2D eigenvalue weighted by molar-refractivity contribution is 7.15. The minimum Gasteiger partial charge on any atom is -0.493 e. The fourth-order valence-electron chi connectivity index (χ4n) is 3.48. The number of nitrogens with one attached hydrogen (secondary N) is 1. The molecule has 0 aliphatic carbocycles. The van der Waals surface area contributed by atoms with Gasteiger partial charge in [-0.15, -0.1) is 11.3 Å². The SMILES string of the molecule is CCCCCCOc1ccc(C=C(C#N)C(=O)Nc2ncc(Cc3ccc(C)c(Cl)c3)s2)cc1OC. The average Bonchev–Trinajstić information content (AvgIpc) is 3.31. The van der Waals surface area contributed by atoms with Gasteiger partial charge in [-0.25, -0.2) is 4.98 Å². The van der Waals surface area contributed by atoms with Crippen LogP contribution in [-0.2, 0) is 11.2 Å². The summed E-state index contributed by atoms with van der Waals surface area (Å²) in [5.74, 6) is 0.670. The number of nitrogens with zero attached hydrogens (tertiary/aromatic N) is 2. The number of rotatable bonds is 12. The Morgan fingerprint density at radius 3 is 2.75 bits per heavy atom. The maximum Gasteiger partial charge on any atom is 0.268 e. The number of hydrogen-bond acceptors (Lipinski definition) is 6. The number of carbonyl (C=O) groups is 1. The molecule has 2 aromatic carbocycles. The van der Waals surface area contributed by atoms with E-state index < -0.39 is 5.91 Å². The summed E-state index contributed by atoms with van der Waals surface area (Å²) in [6, 6.07) is 13.2. The Morgan fingerprint density at radius 1 is 1.19 bits per heavy atom. The van der Waals surface area contributed by atoms with Crippen LogP contribution in [0.25, 0.3) is 6.08 Å². The lowest BCUT2D eigenvalue weighted by atomic mass is 10.1. The number of methoxy groups -OCH3 is 1. The Kier molecular flexibility index (Phi) is 10.3. The van der Waals surface area contributed by atoms with E-state index in [0.29, 0.717) is 35.2 Å². The van der Waals surface area contributed by atoms with Gasteiger partial charge in [0.2, 0.25) is 0 Å². The fourth-order valence-corrected chi connectivity index (χ4v) is 4.52. The number of unbranched alkanes of at least 4 members (excludes halogenated alkanes) is 3. The zero-order chi connectivity index (χ0) is 25.9. The van der Waals surface area contributed by atoms with Crippen molar-refractivity contribution in [3.8, 4) is 17.6 Å². The Labute approximate surface area is 221 Å². The van der Waals surface area contributed by atoms with Crippen LogP contribution in [0.1, 0.15) is 54.2 Å². The molecule has 6 nitrogen and oxygen atoms in total. The normalized spacial score (nSPS) is 11.1. The van der Waals surface area contributed by atoms with E-state index in [1.165, 1.54) is 30.3 Å². The van der Waals surface area contributed by atoms with Crippen LogP contribution in [0.15, 0.2) is 48.2 Å². The first kappa shape index (κ1) is 27.3. The molecule has 3 rings (SSSR count). The number of nitriles is 1. The third kappa shape index (κ3) is 7.84. The van der Waals surface area contributed by atoms with Crippen molar-refractivity contribution in [2.75, 3.05) is 19.0 Å². The van der Waals surface area contributed by atoms with Gasteiger partial charge in [0.1, 0.15) is 11.6 Å². The number of anilines is 1. The van der Waals surface area contributed by atoms with Crippen molar-refractivity contribution in [1.82, 2.24) is 4.98 Å². The van der Waals surface area contributed by atoms with E-state index >= 15 is 0 Å². The predicted octanol–water partition coefficient (Wildman–Crippen LogP) is 7.21. The molecule has 0 saturated heterocycles. The van der Waals surface area contributed by atoms with Crippen LogP contribution < -0.4 is 14.8 Å². The second kappa shape index (κ2) is 13.7. The minimum atomic E-state index is -0.521. The van der Waals surface area contributed by atoms with Gasteiger partial charge in [-0.05, 0) is 54.3 Å². The monoisotopic (exact) mass is 523 g/mol. The Bertz CT molecular complexity index is 1260. The number of halogens is 1. The zero-order valence-electron chi connectivity index (χ0n) is 20.8. The lowest BCUT2D eigenvalue weighted by molar-refractivity contribution is -0.112. The highest BCUT2D eigenvalue weighted by atomic mass is 35.5. The lowest BCUT2D eigenvalue weighted by Gasteiger charge is -2.11. The molecule has 0 radical (unpaired) electrons. The van der Waals surface area contributed by atoms with Crippen molar-refractivity contribution < 1.29 is 14.3 Å². The highest BCUT2D eigenvalue weighted by Crippen LogP contribution is 2.29. The van der Waals surface area contributed by atoms with E-state index in [0.717, 1.165) is 33.9 Å². The molecule has 1 N–H and O–H groups in total.